The molecule has 3 N–H and O–H groups in total. The molecule has 1 aliphatic rings. The van der Waals surface area contributed by atoms with Gasteiger partial charge in [-0.1, -0.05) is 62.4 Å². The van der Waals surface area contributed by atoms with Crippen LogP contribution < -0.4 is 16.0 Å². The van der Waals surface area contributed by atoms with Crippen molar-refractivity contribution in [1.82, 2.24) is 16.0 Å². The Hall–Kier alpha value is -3.88. The third-order valence-corrected chi connectivity index (χ3v) is 6.24. The molecule has 3 amide bonds. The van der Waals surface area contributed by atoms with E-state index in [2.05, 4.69) is 16.0 Å². The van der Waals surface area contributed by atoms with Gasteiger partial charge in [0.05, 0.1) is 7.11 Å². The summed E-state index contributed by atoms with van der Waals surface area (Å²) in [6.07, 6.45) is -0.734. The van der Waals surface area contributed by atoms with Gasteiger partial charge < -0.3 is 25.4 Å². The Balaban J connectivity index is 1.52. The zero-order chi connectivity index (χ0) is 26.4. The van der Waals surface area contributed by atoms with Crippen molar-refractivity contribution in [3.05, 3.63) is 59.7 Å². The zero-order valence-electron chi connectivity index (χ0n) is 21.2. The van der Waals surface area contributed by atoms with Gasteiger partial charge in [0, 0.05) is 5.92 Å². The first-order chi connectivity index (χ1) is 17.1. The van der Waals surface area contributed by atoms with E-state index in [9.17, 15) is 19.2 Å². The second-order valence-corrected chi connectivity index (χ2v) is 9.18. The van der Waals surface area contributed by atoms with Crippen LogP contribution >= 0.6 is 0 Å². The van der Waals surface area contributed by atoms with Crippen molar-refractivity contribution in [2.45, 2.75) is 51.7 Å². The molecule has 0 bridgehead atoms. The highest BCUT2D eigenvalue weighted by molar-refractivity contribution is 5.92. The van der Waals surface area contributed by atoms with Crippen molar-refractivity contribution in [3.63, 3.8) is 0 Å². The van der Waals surface area contributed by atoms with E-state index < -0.39 is 42.0 Å². The molecule has 0 aromatic heterocycles. The molecule has 192 valence electrons. The molecule has 3 rings (SSSR count). The maximum absolute atomic E-state index is 12.5. The Morgan fingerprint density at radius 1 is 0.778 bits per heavy atom. The number of hydrogen-bond donors (Lipinski definition) is 3. The van der Waals surface area contributed by atoms with Crippen LogP contribution in [0.2, 0.25) is 0 Å². The van der Waals surface area contributed by atoms with Gasteiger partial charge in [0.15, 0.2) is 0 Å². The Kier molecular flexibility index (Phi) is 8.68. The molecule has 0 aliphatic heterocycles. The fraction of sp³-hybridized carbons (Fsp3) is 0.407. The third kappa shape index (κ3) is 6.02. The van der Waals surface area contributed by atoms with E-state index in [4.69, 9.17) is 9.47 Å². The van der Waals surface area contributed by atoms with Crippen molar-refractivity contribution in [2.24, 2.45) is 5.92 Å². The van der Waals surface area contributed by atoms with Gasteiger partial charge >= 0.3 is 12.1 Å². The molecule has 9 heteroatoms. The van der Waals surface area contributed by atoms with Crippen molar-refractivity contribution in [1.29, 1.82) is 0 Å². The highest BCUT2D eigenvalue weighted by atomic mass is 16.5. The van der Waals surface area contributed by atoms with Crippen LogP contribution in [-0.2, 0) is 23.9 Å². The standard InChI is InChI=1S/C27H33N3O6/c1-15(2)23(26(33)35-5)30-25(32)16(3)28-24(31)17(4)29-27(34)36-14-22-20-12-8-6-10-18(20)19-11-7-9-13-21(19)22/h6-13,15-17,22-23H,14H2,1-5H3,(H,28,31)(H,29,34)(H,30,32)/t16-,17-,23-/m0/s1. The van der Waals surface area contributed by atoms with Crippen LogP contribution in [0.1, 0.15) is 44.7 Å². The predicted octanol–water partition coefficient (Wildman–Crippen LogP) is 2.73. The van der Waals surface area contributed by atoms with E-state index in [1.165, 1.54) is 21.0 Å². The van der Waals surface area contributed by atoms with Crippen molar-refractivity contribution < 1.29 is 28.7 Å². The van der Waals surface area contributed by atoms with Crippen LogP contribution in [0.15, 0.2) is 48.5 Å². The second-order valence-electron chi connectivity index (χ2n) is 9.18. The number of methoxy groups -OCH3 is 1. The largest absolute Gasteiger partial charge is 0.467 e. The van der Waals surface area contributed by atoms with Gasteiger partial charge in [0.1, 0.15) is 24.7 Å². The highest BCUT2D eigenvalue weighted by Gasteiger charge is 2.30. The fourth-order valence-electron chi connectivity index (χ4n) is 4.19. The summed E-state index contributed by atoms with van der Waals surface area (Å²) in [5.41, 5.74) is 4.41. The lowest BCUT2D eigenvalue weighted by Gasteiger charge is -2.23. The minimum atomic E-state index is -0.947. The van der Waals surface area contributed by atoms with Crippen LogP contribution in [0.5, 0.6) is 0 Å². The van der Waals surface area contributed by atoms with Crippen LogP contribution in [0.4, 0.5) is 4.79 Å². The summed E-state index contributed by atoms with van der Waals surface area (Å²) in [5, 5.41) is 7.62. The average Bonchev–Trinajstić information content (AvgIpc) is 3.18. The van der Waals surface area contributed by atoms with E-state index in [1.54, 1.807) is 13.8 Å². The van der Waals surface area contributed by atoms with E-state index in [0.29, 0.717) is 0 Å². The first kappa shape index (κ1) is 26.7. The monoisotopic (exact) mass is 495 g/mol. The van der Waals surface area contributed by atoms with E-state index in [-0.39, 0.29) is 18.4 Å². The lowest BCUT2D eigenvalue weighted by Crippen LogP contribution is -2.55. The summed E-state index contributed by atoms with van der Waals surface area (Å²) in [6.45, 7) is 6.64. The Morgan fingerprint density at radius 3 is 1.81 bits per heavy atom. The zero-order valence-corrected chi connectivity index (χ0v) is 21.2. The summed E-state index contributed by atoms with van der Waals surface area (Å²) < 4.78 is 10.2. The normalized spacial score (nSPS) is 14.6. The molecule has 9 nitrogen and oxygen atoms in total. The first-order valence-electron chi connectivity index (χ1n) is 11.9. The minimum Gasteiger partial charge on any atom is -0.467 e. The number of amides is 3. The fourth-order valence-corrected chi connectivity index (χ4v) is 4.19. The molecule has 3 atom stereocenters. The number of hydrogen-bond acceptors (Lipinski definition) is 6. The molecular formula is C27H33N3O6. The lowest BCUT2D eigenvalue weighted by molar-refractivity contribution is -0.146. The number of rotatable bonds is 9. The Morgan fingerprint density at radius 2 is 1.28 bits per heavy atom. The predicted molar refractivity (Wildman–Crippen MR) is 134 cm³/mol. The summed E-state index contributed by atoms with van der Waals surface area (Å²) >= 11 is 0. The highest BCUT2D eigenvalue weighted by Crippen LogP contribution is 2.44. The molecule has 0 spiro atoms. The molecule has 1 aliphatic carbocycles. The molecule has 0 heterocycles. The van der Waals surface area contributed by atoms with Gasteiger partial charge in [-0.05, 0) is 42.0 Å². The molecule has 2 aromatic carbocycles. The molecule has 0 radical (unpaired) electrons. The van der Waals surface area contributed by atoms with Gasteiger partial charge in [-0.15, -0.1) is 0 Å². The quantitative estimate of drug-likeness (QED) is 0.460. The first-order valence-corrected chi connectivity index (χ1v) is 11.9. The molecule has 0 unspecified atom stereocenters. The number of fused-ring (bicyclic) bond motifs is 3. The molecular weight excluding hydrogens is 462 g/mol. The Labute approximate surface area is 210 Å². The van der Waals surface area contributed by atoms with E-state index in [1.807, 2.05) is 48.5 Å². The van der Waals surface area contributed by atoms with E-state index >= 15 is 0 Å². The second kappa shape index (κ2) is 11.7. The van der Waals surface area contributed by atoms with Crippen molar-refractivity contribution >= 4 is 23.9 Å². The number of benzene rings is 2. The topological polar surface area (TPSA) is 123 Å². The third-order valence-electron chi connectivity index (χ3n) is 6.24. The maximum Gasteiger partial charge on any atom is 0.407 e. The molecule has 0 saturated heterocycles. The smallest absolute Gasteiger partial charge is 0.407 e. The van der Waals surface area contributed by atoms with Crippen molar-refractivity contribution in [2.75, 3.05) is 13.7 Å². The average molecular weight is 496 g/mol. The van der Waals surface area contributed by atoms with Gasteiger partial charge in [0.2, 0.25) is 11.8 Å². The number of nitrogens with one attached hydrogen (secondary N) is 3. The van der Waals surface area contributed by atoms with Gasteiger partial charge in [-0.25, -0.2) is 9.59 Å². The number of esters is 1. The van der Waals surface area contributed by atoms with E-state index in [0.717, 1.165) is 22.3 Å². The summed E-state index contributed by atoms with van der Waals surface area (Å²) in [4.78, 5) is 49.3. The van der Waals surface area contributed by atoms with Crippen LogP contribution in [0, 0.1) is 5.92 Å². The summed E-state index contributed by atoms with van der Waals surface area (Å²) in [7, 11) is 1.24. The van der Waals surface area contributed by atoms with Crippen LogP contribution in [-0.4, -0.2) is 55.7 Å². The number of ether oxygens (including phenoxy) is 2. The summed E-state index contributed by atoms with van der Waals surface area (Å²) in [5.74, 6) is -1.97. The van der Waals surface area contributed by atoms with Gasteiger partial charge in [-0.3, -0.25) is 9.59 Å². The van der Waals surface area contributed by atoms with Crippen LogP contribution in [0.3, 0.4) is 0 Å². The van der Waals surface area contributed by atoms with Crippen LogP contribution in [0.25, 0.3) is 11.1 Å². The molecule has 2 aromatic rings. The minimum absolute atomic E-state index is 0.0975. The lowest BCUT2D eigenvalue weighted by atomic mass is 9.98. The molecule has 0 saturated carbocycles. The van der Waals surface area contributed by atoms with Gasteiger partial charge in [0.25, 0.3) is 0 Å². The summed E-state index contributed by atoms with van der Waals surface area (Å²) in [6, 6.07) is 13.3. The van der Waals surface area contributed by atoms with Crippen molar-refractivity contribution in [3.8, 4) is 11.1 Å². The number of carbonyl (C=O) groups excluding carboxylic acids is 4. The Bertz CT molecular complexity index is 1090. The maximum atomic E-state index is 12.5. The SMILES string of the molecule is COC(=O)[C@@H](NC(=O)[C@H](C)NC(=O)[C@H](C)NC(=O)OCC1c2ccccc2-c2ccccc21)C(C)C. The van der Waals surface area contributed by atoms with Gasteiger partial charge in [-0.2, -0.15) is 0 Å². The number of alkyl carbamates (subject to hydrolysis) is 1. The number of carbonyl (C=O) groups is 4. The molecule has 36 heavy (non-hydrogen) atoms. The molecule has 0 fully saturated rings.